The second kappa shape index (κ2) is 17.7. The summed E-state index contributed by atoms with van der Waals surface area (Å²) in [4.78, 5) is 42.0. The van der Waals surface area contributed by atoms with Gasteiger partial charge in [0.2, 0.25) is 11.8 Å². The SMILES string of the molecule is CC[C@H](C)[C@@H]1C(=O)N[C@H](CCc2ccccc2C)C(=O)N1C(S)C(=O)Nc1ccccc1OCc1ccccc1.CN1N=CCc2ccccc21. The van der Waals surface area contributed by atoms with Gasteiger partial charge in [0.25, 0.3) is 5.91 Å². The number of anilines is 2. The van der Waals surface area contributed by atoms with Gasteiger partial charge in [-0.1, -0.05) is 105 Å². The Morgan fingerprint density at radius 3 is 2.41 bits per heavy atom. The first kappa shape index (κ1) is 37.2. The zero-order valence-corrected chi connectivity index (χ0v) is 30.6. The van der Waals surface area contributed by atoms with Gasteiger partial charge in [-0.2, -0.15) is 5.10 Å². The number of carbonyl (C=O) groups is 3. The molecule has 2 aliphatic heterocycles. The highest BCUT2D eigenvalue weighted by Crippen LogP contribution is 2.29. The zero-order valence-electron chi connectivity index (χ0n) is 29.7. The molecular weight excluding hydrogens is 659 g/mol. The molecule has 266 valence electrons. The Hall–Kier alpha value is -5.09. The topological polar surface area (TPSA) is 103 Å². The molecule has 2 aliphatic rings. The lowest BCUT2D eigenvalue weighted by molar-refractivity contribution is -0.154. The molecule has 0 saturated carbocycles. The molecule has 1 saturated heterocycles. The van der Waals surface area contributed by atoms with Crippen molar-refractivity contribution in [2.24, 2.45) is 11.0 Å². The number of benzene rings is 4. The summed E-state index contributed by atoms with van der Waals surface area (Å²) >= 11 is 4.60. The molecule has 2 heterocycles. The van der Waals surface area contributed by atoms with E-state index < -0.39 is 23.4 Å². The molecule has 10 heteroatoms. The van der Waals surface area contributed by atoms with E-state index in [0.717, 1.165) is 23.1 Å². The second-order valence-electron chi connectivity index (χ2n) is 12.9. The lowest BCUT2D eigenvalue weighted by atomic mass is 9.91. The molecule has 51 heavy (non-hydrogen) atoms. The number of para-hydroxylation sites is 3. The number of hydrogen-bond donors (Lipinski definition) is 3. The predicted octanol–water partition coefficient (Wildman–Crippen LogP) is 6.81. The first-order valence-corrected chi connectivity index (χ1v) is 17.9. The molecule has 1 fully saturated rings. The summed E-state index contributed by atoms with van der Waals surface area (Å²) in [5.74, 6) is -0.736. The molecular formula is C41H47N5O4S. The van der Waals surface area contributed by atoms with Crippen molar-refractivity contribution in [2.45, 2.75) is 70.5 Å². The van der Waals surface area contributed by atoms with Crippen LogP contribution in [0.25, 0.3) is 0 Å². The van der Waals surface area contributed by atoms with E-state index in [0.29, 0.717) is 37.3 Å². The average molecular weight is 706 g/mol. The van der Waals surface area contributed by atoms with Gasteiger partial charge in [-0.15, -0.1) is 12.6 Å². The number of hydrogen-bond acceptors (Lipinski definition) is 7. The van der Waals surface area contributed by atoms with E-state index in [-0.39, 0.29) is 17.7 Å². The van der Waals surface area contributed by atoms with Gasteiger partial charge in [0, 0.05) is 19.7 Å². The average Bonchev–Trinajstić information content (AvgIpc) is 3.15. The predicted molar refractivity (Wildman–Crippen MR) is 207 cm³/mol. The quantitative estimate of drug-likeness (QED) is 0.149. The molecule has 1 unspecified atom stereocenters. The lowest BCUT2D eigenvalue weighted by Crippen LogP contribution is -2.68. The van der Waals surface area contributed by atoms with Crippen LogP contribution in [-0.2, 0) is 33.8 Å². The third-order valence-corrected chi connectivity index (χ3v) is 9.85. The van der Waals surface area contributed by atoms with E-state index in [4.69, 9.17) is 4.74 Å². The van der Waals surface area contributed by atoms with E-state index in [9.17, 15) is 14.4 Å². The molecule has 6 rings (SSSR count). The van der Waals surface area contributed by atoms with Gasteiger partial charge in [0.1, 0.15) is 24.4 Å². The highest BCUT2D eigenvalue weighted by Gasteiger charge is 2.46. The molecule has 0 bridgehead atoms. The van der Waals surface area contributed by atoms with Gasteiger partial charge in [-0.05, 0) is 66.1 Å². The van der Waals surface area contributed by atoms with Gasteiger partial charge >= 0.3 is 0 Å². The smallest absolute Gasteiger partial charge is 0.257 e. The molecule has 9 nitrogen and oxygen atoms in total. The summed E-state index contributed by atoms with van der Waals surface area (Å²) in [6.45, 7) is 6.22. The van der Waals surface area contributed by atoms with Crippen LogP contribution in [0.15, 0.2) is 108 Å². The van der Waals surface area contributed by atoms with Gasteiger partial charge in [0.15, 0.2) is 5.37 Å². The Morgan fingerprint density at radius 1 is 0.980 bits per heavy atom. The van der Waals surface area contributed by atoms with Crippen molar-refractivity contribution >= 4 is 47.9 Å². The molecule has 0 aliphatic carbocycles. The molecule has 4 aromatic carbocycles. The standard InChI is InChI=1S/C32H37N3O4S.C9H10N2/c1-4-21(2)28-29(36)34-26(19-18-24-15-9-8-12-22(24)3)31(38)35(28)32(40)30(37)33-25-16-10-11-17-27(25)39-20-23-13-6-5-7-14-23;1-11-9-5-3-2-4-8(9)6-7-10-11/h5-17,21,26,28,32,40H,4,18-20H2,1-3H3,(H,33,37)(H,34,36);2-5,7H,6H2,1H3/t21-,26+,28+,32?;/m0./s1. The number of hydrazone groups is 1. The summed E-state index contributed by atoms with van der Waals surface area (Å²) in [5, 5.41) is 10.7. The number of aryl methyl sites for hydroxylation is 2. The summed E-state index contributed by atoms with van der Waals surface area (Å²) in [6.07, 6.45) is 4.61. The lowest BCUT2D eigenvalue weighted by Gasteiger charge is -2.43. The van der Waals surface area contributed by atoms with Crippen molar-refractivity contribution in [3.8, 4) is 5.75 Å². The third kappa shape index (κ3) is 9.38. The normalized spacial score (nSPS) is 17.7. The summed E-state index contributed by atoms with van der Waals surface area (Å²) < 4.78 is 5.98. The van der Waals surface area contributed by atoms with Crippen LogP contribution in [0.4, 0.5) is 11.4 Å². The Morgan fingerprint density at radius 2 is 1.67 bits per heavy atom. The van der Waals surface area contributed by atoms with Gasteiger partial charge in [-0.25, -0.2) is 0 Å². The van der Waals surface area contributed by atoms with Crippen LogP contribution >= 0.6 is 12.6 Å². The maximum atomic E-state index is 13.8. The minimum Gasteiger partial charge on any atom is -0.487 e. The van der Waals surface area contributed by atoms with Crippen LogP contribution in [0.5, 0.6) is 5.75 Å². The molecule has 2 N–H and O–H groups in total. The van der Waals surface area contributed by atoms with Crippen molar-refractivity contribution in [1.29, 1.82) is 0 Å². The number of fused-ring (bicyclic) bond motifs is 1. The summed E-state index contributed by atoms with van der Waals surface area (Å²) in [6, 6.07) is 31.6. The van der Waals surface area contributed by atoms with Crippen LogP contribution in [0.2, 0.25) is 0 Å². The van der Waals surface area contributed by atoms with Crippen LogP contribution in [0, 0.1) is 12.8 Å². The number of nitrogens with zero attached hydrogens (tertiary/aromatic N) is 3. The van der Waals surface area contributed by atoms with Gasteiger partial charge < -0.3 is 20.3 Å². The van der Waals surface area contributed by atoms with Crippen molar-refractivity contribution in [2.75, 3.05) is 17.4 Å². The van der Waals surface area contributed by atoms with E-state index in [2.05, 4.69) is 46.6 Å². The largest absolute Gasteiger partial charge is 0.487 e. The fourth-order valence-corrected chi connectivity index (χ4v) is 6.58. The molecule has 4 atom stereocenters. The third-order valence-electron chi connectivity index (χ3n) is 9.37. The number of piperazine rings is 1. The Labute approximate surface area is 306 Å². The highest BCUT2D eigenvalue weighted by molar-refractivity contribution is 7.81. The monoisotopic (exact) mass is 705 g/mol. The van der Waals surface area contributed by atoms with Crippen molar-refractivity contribution in [3.63, 3.8) is 0 Å². The fraction of sp³-hybridized carbons (Fsp3) is 0.317. The number of rotatable bonds is 11. The van der Waals surface area contributed by atoms with E-state index in [1.807, 2.05) is 106 Å². The van der Waals surface area contributed by atoms with E-state index >= 15 is 0 Å². The summed E-state index contributed by atoms with van der Waals surface area (Å²) in [5.41, 5.74) is 6.28. The van der Waals surface area contributed by atoms with Crippen molar-refractivity contribution in [1.82, 2.24) is 10.2 Å². The number of carbonyl (C=O) groups excluding carboxylic acids is 3. The molecule has 0 spiro atoms. The number of nitrogens with one attached hydrogen (secondary N) is 2. The maximum absolute atomic E-state index is 13.8. The molecule has 0 radical (unpaired) electrons. The second-order valence-corrected chi connectivity index (χ2v) is 13.4. The fourth-order valence-electron chi connectivity index (χ4n) is 6.25. The van der Waals surface area contributed by atoms with Gasteiger partial charge in [-0.3, -0.25) is 19.4 Å². The Balaban J connectivity index is 0.000000386. The van der Waals surface area contributed by atoms with Crippen LogP contribution in [-0.4, -0.2) is 53.3 Å². The van der Waals surface area contributed by atoms with E-state index in [1.54, 1.807) is 18.2 Å². The Kier molecular flexibility index (Phi) is 12.9. The molecule has 3 amide bonds. The number of ether oxygens (including phenoxy) is 1. The number of thiol groups is 1. The van der Waals surface area contributed by atoms with Crippen molar-refractivity contribution in [3.05, 3.63) is 125 Å². The first-order valence-electron chi connectivity index (χ1n) is 17.4. The van der Waals surface area contributed by atoms with Gasteiger partial charge in [0.05, 0.1) is 11.4 Å². The molecule has 0 aromatic heterocycles. The highest BCUT2D eigenvalue weighted by atomic mass is 32.1. The Bertz CT molecular complexity index is 1830. The van der Waals surface area contributed by atoms with E-state index in [1.165, 1.54) is 16.2 Å². The molecule has 4 aromatic rings. The van der Waals surface area contributed by atoms with Crippen LogP contribution < -0.4 is 20.4 Å². The van der Waals surface area contributed by atoms with Crippen LogP contribution in [0.3, 0.4) is 0 Å². The zero-order chi connectivity index (χ0) is 36.3. The van der Waals surface area contributed by atoms with Crippen molar-refractivity contribution < 1.29 is 19.1 Å². The maximum Gasteiger partial charge on any atom is 0.257 e. The minimum absolute atomic E-state index is 0.162. The summed E-state index contributed by atoms with van der Waals surface area (Å²) in [7, 11) is 1.97. The first-order chi connectivity index (χ1) is 24.7. The minimum atomic E-state index is -1.17. The number of amides is 3. The van der Waals surface area contributed by atoms with Crippen LogP contribution in [0.1, 0.15) is 48.9 Å².